The Kier molecular flexibility index (Phi) is 5.19. The summed E-state index contributed by atoms with van der Waals surface area (Å²) in [4.78, 5) is 14.5. The first-order valence-corrected chi connectivity index (χ1v) is 5.69. The van der Waals surface area contributed by atoms with Gasteiger partial charge in [0.2, 0.25) is 0 Å². The minimum atomic E-state index is -0.329. The third-order valence-corrected chi connectivity index (χ3v) is 2.71. The second kappa shape index (κ2) is 6.42. The van der Waals surface area contributed by atoms with E-state index in [1.165, 1.54) is 0 Å². The van der Waals surface area contributed by atoms with E-state index < -0.39 is 0 Å². The first-order chi connectivity index (χ1) is 8.22. The molecule has 0 aliphatic heterocycles. The van der Waals surface area contributed by atoms with Gasteiger partial charge in [-0.1, -0.05) is 18.2 Å². The predicted molar refractivity (Wildman–Crippen MR) is 73.7 cm³/mol. The third-order valence-electron chi connectivity index (χ3n) is 2.71. The molecule has 0 amide bonds. The van der Waals surface area contributed by atoms with E-state index in [0.717, 1.165) is 16.5 Å². The van der Waals surface area contributed by atoms with Gasteiger partial charge in [-0.2, -0.15) is 0 Å². The zero-order chi connectivity index (χ0) is 12.3. The number of aromatic nitrogens is 1. The first kappa shape index (κ1) is 14.5. The number of hydrogen-bond donors (Lipinski definition) is 2. The molecule has 0 fully saturated rings. The minimum Gasteiger partial charge on any atom is -0.466 e. The molecule has 0 saturated heterocycles. The summed E-state index contributed by atoms with van der Waals surface area (Å²) in [6.45, 7) is 2.18. The summed E-state index contributed by atoms with van der Waals surface area (Å²) < 4.78 is 4.89. The van der Waals surface area contributed by atoms with Crippen molar-refractivity contribution >= 4 is 29.3 Å². The molecule has 1 aromatic carbocycles. The quantitative estimate of drug-likeness (QED) is 0.838. The fourth-order valence-corrected chi connectivity index (χ4v) is 1.91. The van der Waals surface area contributed by atoms with Gasteiger partial charge in [-0.05, 0) is 18.6 Å². The number of benzene rings is 1. The Morgan fingerprint density at radius 2 is 2.17 bits per heavy atom. The van der Waals surface area contributed by atoms with Crippen LogP contribution in [0.3, 0.4) is 0 Å². The normalized spacial score (nSPS) is 11.9. The van der Waals surface area contributed by atoms with Crippen molar-refractivity contribution in [2.24, 2.45) is 5.73 Å². The van der Waals surface area contributed by atoms with Crippen molar-refractivity contribution in [3.05, 3.63) is 36.0 Å². The molecule has 0 radical (unpaired) electrons. The van der Waals surface area contributed by atoms with Gasteiger partial charge in [0.25, 0.3) is 0 Å². The number of fused-ring (bicyclic) bond motifs is 1. The molecule has 2 rings (SSSR count). The zero-order valence-electron chi connectivity index (χ0n) is 10.2. The van der Waals surface area contributed by atoms with Crippen LogP contribution in [0.1, 0.15) is 24.9 Å². The molecule has 0 aliphatic rings. The molecular formula is C13H17ClN2O2. The van der Waals surface area contributed by atoms with Crippen molar-refractivity contribution in [2.75, 3.05) is 6.61 Å². The minimum absolute atomic E-state index is 0. The van der Waals surface area contributed by atoms with Crippen LogP contribution in [-0.2, 0) is 9.53 Å². The van der Waals surface area contributed by atoms with E-state index in [4.69, 9.17) is 10.5 Å². The summed E-state index contributed by atoms with van der Waals surface area (Å²) >= 11 is 0. The van der Waals surface area contributed by atoms with E-state index in [0.29, 0.717) is 6.61 Å². The largest absolute Gasteiger partial charge is 0.466 e. The molecular weight excluding hydrogens is 252 g/mol. The highest BCUT2D eigenvalue weighted by molar-refractivity contribution is 5.85. The lowest BCUT2D eigenvalue weighted by Gasteiger charge is -2.09. The van der Waals surface area contributed by atoms with Gasteiger partial charge < -0.3 is 15.5 Å². The highest BCUT2D eigenvalue weighted by atomic mass is 35.5. The van der Waals surface area contributed by atoms with Crippen molar-refractivity contribution in [3.8, 4) is 0 Å². The third kappa shape index (κ3) is 3.03. The number of rotatable bonds is 4. The van der Waals surface area contributed by atoms with Gasteiger partial charge in [0.1, 0.15) is 0 Å². The number of H-pyrrole nitrogens is 1. The smallest absolute Gasteiger partial charge is 0.307 e. The van der Waals surface area contributed by atoms with Crippen LogP contribution in [0, 0.1) is 0 Å². The summed E-state index contributed by atoms with van der Waals surface area (Å²) in [5.74, 6) is -0.259. The van der Waals surface area contributed by atoms with Crippen molar-refractivity contribution in [1.82, 2.24) is 4.98 Å². The highest BCUT2D eigenvalue weighted by Gasteiger charge is 2.15. The lowest BCUT2D eigenvalue weighted by atomic mass is 10.0. The molecule has 3 N–H and O–H groups in total. The van der Waals surface area contributed by atoms with Crippen LogP contribution in [-0.4, -0.2) is 17.6 Å². The van der Waals surface area contributed by atoms with Crippen molar-refractivity contribution in [1.29, 1.82) is 0 Å². The molecule has 0 aliphatic carbocycles. The Balaban J connectivity index is 0.00000162. The van der Waals surface area contributed by atoms with E-state index in [1.807, 2.05) is 30.5 Å². The molecule has 1 aromatic heterocycles. The Morgan fingerprint density at radius 3 is 2.89 bits per heavy atom. The molecule has 0 unspecified atom stereocenters. The number of hydrogen-bond acceptors (Lipinski definition) is 3. The fourth-order valence-electron chi connectivity index (χ4n) is 1.91. The lowest BCUT2D eigenvalue weighted by Crippen LogP contribution is -2.16. The van der Waals surface area contributed by atoms with E-state index in [2.05, 4.69) is 4.98 Å². The average Bonchev–Trinajstić information content (AvgIpc) is 2.72. The summed E-state index contributed by atoms with van der Waals surface area (Å²) in [7, 11) is 0. The maximum atomic E-state index is 11.4. The molecule has 0 bridgehead atoms. The molecule has 1 atom stereocenters. The average molecular weight is 269 g/mol. The number of esters is 1. The number of nitrogens with one attached hydrogen (secondary N) is 1. The molecule has 2 aromatic rings. The number of carbonyl (C=O) groups is 1. The highest BCUT2D eigenvalue weighted by Crippen LogP contribution is 2.24. The number of halogens is 1. The van der Waals surface area contributed by atoms with Crippen LogP contribution < -0.4 is 5.73 Å². The second-order valence-electron chi connectivity index (χ2n) is 3.91. The van der Waals surface area contributed by atoms with Crippen molar-refractivity contribution in [2.45, 2.75) is 19.4 Å². The van der Waals surface area contributed by atoms with Crippen LogP contribution in [0.4, 0.5) is 0 Å². The molecule has 18 heavy (non-hydrogen) atoms. The summed E-state index contributed by atoms with van der Waals surface area (Å²) in [6.07, 6.45) is 2.06. The van der Waals surface area contributed by atoms with Crippen LogP contribution in [0.25, 0.3) is 10.9 Å². The van der Waals surface area contributed by atoms with Gasteiger partial charge in [-0.3, -0.25) is 4.79 Å². The van der Waals surface area contributed by atoms with Gasteiger partial charge in [0.05, 0.1) is 13.0 Å². The summed E-state index contributed by atoms with van der Waals surface area (Å²) in [5, 5.41) is 1.06. The van der Waals surface area contributed by atoms with E-state index >= 15 is 0 Å². The predicted octanol–water partition coefficient (Wildman–Crippen LogP) is 2.54. The Bertz CT molecular complexity index is 524. The lowest BCUT2D eigenvalue weighted by molar-refractivity contribution is -0.143. The number of aromatic amines is 1. The Morgan fingerprint density at radius 1 is 1.44 bits per heavy atom. The number of nitrogens with two attached hydrogens (primary N) is 1. The van der Waals surface area contributed by atoms with Gasteiger partial charge in [0.15, 0.2) is 0 Å². The standard InChI is InChI=1S/C13H16N2O2.ClH/c1-2-17-13(16)7-11(14)10-8-15-12-6-4-3-5-9(10)12;/h3-6,8,11,15H,2,7,14H2,1H3;1H/t11-;/m1./s1. The second-order valence-corrected chi connectivity index (χ2v) is 3.91. The van der Waals surface area contributed by atoms with Crippen molar-refractivity contribution < 1.29 is 9.53 Å². The first-order valence-electron chi connectivity index (χ1n) is 5.69. The zero-order valence-corrected chi connectivity index (χ0v) is 11.0. The summed E-state index contributed by atoms with van der Waals surface area (Å²) in [6, 6.07) is 7.56. The van der Waals surface area contributed by atoms with Gasteiger partial charge in [-0.25, -0.2) is 0 Å². The van der Waals surface area contributed by atoms with Crippen LogP contribution >= 0.6 is 12.4 Å². The molecule has 98 valence electrons. The maximum absolute atomic E-state index is 11.4. The van der Waals surface area contributed by atoms with Gasteiger partial charge >= 0.3 is 5.97 Å². The van der Waals surface area contributed by atoms with Crippen molar-refractivity contribution in [3.63, 3.8) is 0 Å². The Labute approximate surface area is 112 Å². The van der Waals surface area contributed by atoms with E-state index in [-0.39, 0.29) is 30.8 Å². The van der Waals surface area contributed by atoms with E-state index in [9.17, 15) is 4.79 Å². The number of para-hydroxylation sites is 1. The van der Waals surface area contributed by atoms with Gasteiger partial charge in [0, 0.05) is 23.1 Å². The topological polar surface area (TPSA) is 68.1 Å². The van der Waals surface area contributed by atoms with Crippen LogP contribution in [0.15, 0.2) is 30.5 Å². The maximum Gasteiger partial charge on any atom is 0.307 e. The SMILES string of the molecule is CCOC(=O)C[C@@H](N)c1c[nH]c2ccccc12.Cl. The molecule has 5 heteroatoms. The van der Waals surface area contributed by atoms with Crippen LogP contribution in [0.2, 0.25) is 0 Å². The Hall–Kier alpha value is -1.52. The van der Waals surface area contributed by atoms with Gasteiger partial charge in [-0.15, -0.1) is 12.4 Å². The molecule has 1 heterocycles. The number of carbonyl (C=O) groups excluding carboxylic acids is 1. The molecule has 0 spiro atoms. The molecule has 0 saturated carbocycles. The monoisotopic (exact) mass is 268 g/mol. The summed E-state index contributed by atoms with van der Waals surface area (Å²) in [5.41, 5.74) is 8.00. The molecule has 4 nitrogen and oxygen atoms in total. The fraction of sp³-hybridized carbons (Fsp3) is 0.308. The van der Waals surface area contributed by atoms with Crippen LogP contribution in [0.5, 0.6) is 0 Å². The number of ether oxygens (including phenoxy) is 1. The van der Waals surface area contributed by atoms with E-state index in [1.54, 1.807) is 6.92 Å².